The van der Waals surface area contributed by atoms with E-state index in [-0.39, 0.29) is 0 Å². The molecule has 2 aromatic rings. The fraction of sp³-hybridized carbons (Fsp3) is 0.100. The highest BCUT2D eigenvalue weighted by Crippen LogP contribution is 2.19. The van der Waals surface area contributed by atoms with Crippen molar-refractivity contribution in [3.8, 4) is 0 Å². The Morgan fingerprint density at radius 3 is 2.92 bits per heavy atom. The molecule has 12 heavy (non-hydrogen) atoms. The van der Waals surface area contributed by atoms with Crippen LogP contribution in [0.3, 0.4) is 0 Å². The molecule has 0 radical (unpaired) electrons. The first-order valence-corrected chi connectivity index (χ1v) is 3.87. The number of aryl methyl sites for hydroxylation is 1. The zero-order valence-electron chi connectivity index (χ0n) is 6.91. The molecule has 0 bridgehead atoms. The number of benzene rings is 1. The Balaban J connectivity index is 2.88. The summed E-state index contributed by atoms with van der Waals surface area (Å²) in [6.45, 7) is 2.04. The van der Waals surface area contributed by atoms with Gasteiger partial charge in [0.15, 0.2) is 0 Å². The number of rotatable bonds is 0. The van der Waals surface area contributed by atoms with Crippen LogP contribution >= 0.6 is 0 Å². The van der Waals surface area contributed by atoms with Crippen LogP contribution in [0.2, 0.25) is 0 Å². The lowest BCUT2D eigenvalue weighted by molar-refractivity contribution is 1.31. The van der Waals surface area contributed by atoms with E-state index in [9.17, 15) is 0 Å². The lowest BCUT2D eigenvalue weighted by Crippen LogP contribution is -1.86. The predicted molar refractivity (Wildman–Crippen MR) is 50.9 cm³/mol. The highest BCUT2D eigenvalue weighted by molar-refractivity contribution is 5.87. The molecular formula is C10H10N2. The van der Waals surface area contributed by atoms with E-state index in [4.69, 9.17) is 5.73 Å². The Kier molecular flexibility index (Phi) is 1.47. The SMILES string of the molecule is Cc1cncc2ccc(N)cc12. The normalized spacial score (nSPS) is 10.4. The number of aromatic nitrogens is 1. The van der Waals surface area contributed by atoms with Crippen LogP contribution in [0.5, 0.6) is 0 Å². The van der Waals surface area contributed by atoms with Gasteiger partial charge in [-0.25, -0.2) is 0 Å². The van der Waals surface area contributed by atoms with E-state index in [0.29, 0.717) is 0 Å². The quantitative estimate of drug-likeness (QED) is 0.596. The fourth-order valence-corrected chi connectivity index (χ4v) is 1.33. The maximum atomic E-state index is 5.67. The summed E-state index contributed by atoms with van der Waals surface area (Å²) in [6, 6.07) is 5.86. The van der Waals surface area contributed by atoms with Gasteiger partial charge in [0.1, 0.15) is 0 Å². The lowest BCUT2D eigenvalue weighted by Gasteiger charge is -2.01. The Hall–Kier alpha value is -1.57. The molecule has 1 aromatic heterocycles. The van der Waals surface area contributed by atoms with Crippen molar-refractivity contribution in [2.45, 2.75) is 6.92 Å². The van der Waals surface area contributed by atoms with Crippen LogP contribution in [0.15, 0.2) is 30.6 Å². The molecular weight excluding hydrogens is 148 g/mol. The number of pyridine rings is 1. The standard InChI is InChI=1S/C10H10N2/c1-7-5-12-6-8-2-3-9(11)4-10(7)8/h2-6H,11H2,1H3. The van der Waals surface area contributed by atoms with Gasteiger partial charge >= 0.3 is 0 Å². The van der Waals surface area contributed by atoms with Crippen molar-refractivity contribution in [1.82, 2.24) is 4.98 Å². The second kappa shape index (κ2) is 2.48. The molecule has 0 amide bonds. The summed E-state index contributed by atoms with van der Waals surface area (Å²) >= 11 is 0. The van der Waals surface area contributed by atoms with E-state index in [0.717, 1.165) is 11.1 Å². The third-order valence-corrected chi connectivity index (χ3v) is 1.98. The molecule has 0 spiro atoms. The minimum Gasteiger partial charge on any atom is -0.399 e. The molecule has 0 aliphatic rings. The minimum absolute atomic E-state index is 0.803. The van der Waals surface area contributed by atoms with Crippen LogP contribution < -0.4 is 5.73 Å². The summed E-state index contributed by atoms with van der Waals surface area (Å²) in [5, 5.41) is 2.33. The van der Waals surface area contributed by atoms with Crippen LogP contribution in [-0.4, -0.2) is 4.98 Å². The third kappa shape index (κ3) is 1.01. The first kappa shape index (κ1) is 7.10. The molecule has 0 aliphatic carbocycles. The molecule has 1 heterocycles. The molecule has 0 saturated carbocycles. The smallest absolute Gasteiger partial charge is 0.0346 e. The van der Waals surface area contributed by atoms with E-state index in [1.165, 1.54) is 10.9 Å². The molecule has 0 aliphatic heterocycles. The van der Waals surface area contributed by atoms with Crippen molar-refractivity contribution in [2.75, 3.05) is 5.73 Å². The Bertz CT molecular complexity index is 421. The summed E-state index contributed by atoms with van der Waals surface area (Å²) in [7, 11) is 0. The highest BCUT2D eigenvalue weighted by Gasteiger charge is 1.96. The van der Waals surface area contributed by atoms with Crippen molar-refractivity contribution in [2.24, 2.45) is 0 Å². The Morgan fingerprint density at radius 2 is 2.08 bits per heavy atom. The van der Waals surface area contributed by atoms with Crippen LogP contribution in [0.1, 0.15) is 5.56 Å². The van der Waals surface area contributed by atoms with E-state index in [2.05, 4.69) is 4.98 Å². The molecule has 0 fully saturated rings. The van der Waals surface area contributed by atoms with Gasteiger partial charge in [-0.1, -0.05) is 6.07 Å². The predicted octanol–water partition coefficient (Wildman–Crippen LogP) is 2.13. The molecule has 2 heteroatoms. The van der Waals surface area contributed by atoms with Gasteiger partial charge in [-0.2, -0.15) is 0 Å². The minimum atomic E-state index is 0.803. The van der Waals surface area contributed by atoms with Gasteiger partial charge in [0.2, 0.25) is 0 Å². The lowest BCUT2D eigenvalue weighted by atomic mass is 10.1. The van der Waals surface area contributed by atoms with Gasteiger partial charge in [0.05, 0.1) is 0 Å². The third-order valence-electron chi connectivity index (χ3n) is 1.98. The summed E-state index contributed by atoms with van der Waals surface area (Å²) in [4.78, 5) is 4.10. The van der Waals surface area contributed by atoms with Crippen molar-refractivity contribution in [3.05, 3.63) is 36.2 Å². The molecule has 60 valence electrons. The molecule has 0 unspecified atom stereocenters. The average Bonchev–Trinajstić information content (AvgIpc) is 2.07. The number of anilines is 1. The molecule has 1 aromatic carbocycles. The van der Waals surface area contributed by atoms with Crippen molar-refractivity contribution >= 4 is 16.5 Å². The molecule has 2 N–H and O–H groups in total. The van der Waals surface area contributed by atoms with Gasteiger partial charge < -0.3 is 5.73 Å². The Labute approximate surface area is 71.0 Å². The molecule has 0 atom stereocenters. The number of nitrogens with two attached hydrogens (primary N) is 1. The monoisotopic (exact) mass is 158 g/mol. The summed E-state index contributed by atoms with van der Waals surface area (Å²) < 4.78 is 0. The van der Waals surface area contributed by atoms with Gasteiger partial charge in [0.25, 0.3) is 0 Å². The van der Waals surface area contributed by atoms with Crippen LogP contribution in [0, 0.1) is 6.92 Å². The second-order valence-corrected chi connectivity index (χ2v) is 2.94. The van der Waals surface area contributed by atoms with Gasteiger partial charge in [-0.15, -0.1) is 0 Å². The van der Waals surface area contributed by atoms with Crippen molar-refractivity contribution < 1.29 is 0 Å². The van der Waals surface area contributed by atoms with Crippen molar-refractivity contribution in [1.29, 1.82) is 0 Å². The first-order chi connectivity index (χ1) is 5.77. The summed E-state index contributed by atoms with van der Waals surface area (Å²) in [6.07, 6.45) is 3.70. The molecule has 2 rings (SSSR count). The number of fused-ring (bicyclic) bond motifs is 1. The average molecular weight is 158 g/mol. The number of nitrogen functional groups attached to an aromatic ring is 1. The highest BCUT2D eigenvalue weighted by atomic mass is 14.6. The van der Waals surface area contributed by atoms with E-state index >= 15 is 0 Å². The zero-order valence-corrected chi connectivity index (χ0v) is 6.91. The van der Waals surface area contributed by atoms with Crippen LogP contribution in [0.4, 0.5) is 5.69 Å². The largest absolute Gasteiger partial charge is 0.399 e. The summed E-state index contributed by atoms with van der Waals surface area (Å²) in [5.74, 6) is 0. The van der Waals surface area contributed by atoms with Crippen molar-refractivity contribution in [3.63, 3.8) is 0 Å². The molecule has 0 saturated heterocycles. The Morgan fingerprint density at radius 1 is 1.25 bits per heavy atom. The van der Waals surface area contributed by atoms with E-state index in [1.807, 2.05) is 37.5 Å². The number of hydrogen-bond acceptors (Lipinski definition) is 2. The van der Waals surface area contributed by atoms with Crippen LogP contribution in [0.25, 0.3) is 10.8 Å². The maximum Gasteiger partial charge on any atom is 0.0346 e. The zero-order chi connectivity index (χ0) is 8.55. The fourth-order valence-electron chi connectivity index (χ4n) is 1.33. The van der Waals surface area contributed by atoms with Gasteiger partial charge in [-0.3, -0.25) is 4.98 Å². The van der Waals surface area contributed by atoms with E-state index < -0.39 is 0 Å². The number of hydrogen-bond donors (Lipinski definition) is 1. The first-order valence-electron chi connectivity index (χ1n) is 3.87. The number of nitrogens with zero attached hydrogens (tertiary/aromatic N) is 1. The van der Waals surface area contributed by atoms with E-state index in [1.54, 1.807) is 0 Å². The van der Waals surface area contributed by atoms with Gasteiger partial charge in [-0.05, 0) is 30.0 Å². The maximum absolute atomic E-state index is 5.67. The topological polar surface area (TPSA) is 38.9 Å². The van der Waals surface area contributed by atoms with Gasteiger partial charge in [0, 0.05) is 23.5 Å². The second-order valence-electron chi connectivity index (χ2n) is 2.94. The molecule has 2 nitrogen and oxygen atoms in total. The van der Waals surface area contributed by atoms with Crippen LogP contribution in [-0.2, 0) is 0 Å². The summed E-state index contributed by atoms with van der Waals surface area (Å²) in [5.41, 5.74) is 7.64.